The summed E-state index contributed by atoms with van der Waals surface area (Å²) in [7, 11) is 0. The van der Waals surface area contributed by atoms with Crippen molar-refractivity contribution in [2.45, 2.75) is 26.7 Å². The van der Waals surface area contributed by atoms with Crippen LogP contribution in [0.1, 0.15) is 37.0 Å². The van der Waals surface area contributed by atoms with E-state index in [1.165, 1.54) is 4.68 Å². The van der Waals surface area contributed by atoms with Crippen LogP contribution in [0.3, 0.4) is 0 Å². The predicted octanol–water partition coefficient (Wildman–Crippen LogP) is 3.96. The lowest BCUT2D eigenvalue weighted by atomic mass is 10.1. The van der Waals surface area contributed by atoms with Crippen molar-refractivity contribution in [1.82, 2.24) is 14.8 Å². The van der Waals surface area contributed by atoms with E-state index in [4.69, 9.17) is 23.7 Å². The van der Waals surface area contributed by atoms with Crippen molar-refractivity contribution >= 4 is 5.91 Å². The summed E-state index contributed by atoms with van der Waals surface area (Å²) < 4.78 is 28.7. The summed E-state index contributed by atoms with van der Waals surface area (Å²) in [5.41, 5.74) is 1.10. The molecule has 174 valence electrons. The Morgan fingerprint density at radius 3 is 2.61 bits per heavy atom. The van der Waals surface area contributed by atoms with Crippen LogP contribution in [0.4, 0.5) is 0 Å². The van der Waals surface area contributed by atoms with Crippen molar-refractivity contribution < 1.29 is 28.5 Å². The molecule has 9 nitrogen and oxygen atoms in total. The third-order valence-electron chi connectivity index (χ3n) is 4.94. The van der Waals surface area contributed by atoms with E-state index in [1.54, 1.807) is 42.5 Å². The Hall–Kier alpha value is -3.59. The Morgan fingerprint density at radius 1 is 1.00 bits per heavy atom. The third kappa shape index (κ3) is 5.43. The third-order valence-corrected chi connectivity index (χ3v) is 4.94. The number of hydrogen-bond acceptors (Lipinski definition) is 8. The summed E-state index contributed by atoms with van der Waals surface area (Å²) in [5, 5.41) is 4.31. The van der Waals surface area contributed by atoms with Crippen LogP contribution >= 0.6 is 0 Å². The van der Waals surface area contributed by atoms with Crippen molar-refractivity contribution in [1.29, 1.82) is 0 Å². The van der Waals surface area contributed by atoms with Crippen LogP contribution in [-0.2, 0) is 4.74 Å². The Kier molecular flexibility index (Phi) is 7.41. The number of aromatic nitrogens is 3. The maximum Gasteiger partial charge on any atom is 0.336 e. The number of carbonyl (C=O) groups is 1. The molecule has 0 aliphatic carbocycles. The Bertz CT molecular complexity index is 1080. The molecule has 0 fully saturated rings. The molecule has 0 radical (unpaired) electrons. The molecule has 0 amide bonds. The van der Waals surface area contributed by atoms with Gasteiger partial charge in [-0.1, -0.05) is 13.3 Å². The first-order valence-electron chi connectivity index (χ1n) is 11.0. The monoisotopic (exact) mass is 453 g/mol. The number of carbonyl (C=O) groups excluding carboxylic acids is 1. The summed E-state index contributed by atoms with van der Waals surface area (Å²) in [6, 6.07) is 12.4. The van der Waals surface area contributed by atoms with E-state index in [0.29, 0.717) is 48.3 Å². The van der Waals surface area contributed by atoms with Crippen LogP contribution in [0.25, 0.3) is 11.4 Å². The molecule has 2 aromatic carbocycles. The molecule has 0 saturated heterocycles. The van der Waals surface area contributed by atoms with E-state index < -0.39 is 0 Å². The fourth-order valence-corrected chi connectivity index (χ4v) is 3.21. The summed E-state index contributed by atoms with van der Waals surface area (Å²) >= 11 is 0. The van der Waals surface area contributed by atoms with Gasteiger partial charge in [-0.15, -0.1) is 5.10 Å². The molecule has 0 unspecified atom stereocenters. The first-order valence-corrected chi connectivity index (χ1v) is 11.0. The number of fused-ring (bicyclic) bond motifs is 1. The maximum absolute atomic E-state index is 13.3. The van der Waals surface area contributed by atoms with E-state index >= 15 is 0 Å². The number of unbranched alkanes of at least 4 members (excludes halogenated alkanes) is 1. The largest absolute Gasteiger partial charge is 0.494 e. The van der Waals surface area contributed by atoms with E-state index in [-0.39, 0.29) is 25.3 Å². The highest BCUT2D eigenvalue weighted by molar-refractivity contribution is 5.97. The highest BCUT2D eigenvalue weighted by Crippen LogP contribution is 2.36. The Balaban J connectivity index is 1.59. The average Bonchev–Trinajstić information content (AvgIpc) is 3.48. The lowest BCUT2D eigenvalue weighted by Crippen LogP contribution is -2.15. The minimum atomic E-state index is -0.338. The molecule has 9 heteroatoms. The normalized spacial score (nSPS) is 12.1. The smallest absolute Gasteiger partial charge is 0.336 e. The van der Waals surface area contributed by atoms with Crippen LogP contribution in [0, 0.1) is 0 Å². The molecule has 33 heavy (non-hydrogen) atoms. The van der Waals surface area contributed by atoms with Crippen LogP contribution in [0.2, 0.25) is 0 Å². The molecule has 0 atom stereocenters. The molecule has 1 aromatic heterocycles. The highest BCUT2D eigenvalue weighted by atomic mass is 16.7. The highest BCUT2D eigenvalue weighted by Gasteiger charge is 2.22. The molecule has 0 bridgehead atoms. The van der Waals surface area contributed by atoms with E-state index in [2.05, 4.69) is 17.0 Å². The summed E-state index contributed by atoms with van der Waals surface area (Å²) in [6.45, 7) is 6.07. The molecule has 0 saturated carbocycles. The zero-order valence-corrected chi connectivity index (χ0v) is 18.8. The molecule has 1 aliphatic rings. The number of nitrogens with zero attached hydrogens (tertiary/aromatic N) is 3. The number of rotatable bonds is 11. The number of benzene rings is 2. The van der Waals surface area contributed by atoms with Crippen molar-refractivity contribution in [3.05, 3.63) is 48.0 Å². The molecule has 0 N–H and O–H groups in total. The van der Waals surface area contributed by atoms with Crippen LogP contribution < -0.4 is 18.9 Å². The molecular weight excluding hydrogens is 426 g/mol. The standard InChI is InChI=1S/C24H27N3O6/c1-3-5-12-30-19-9-6-17(7-10-19)23(28)27-22(25-24(26-27)31-14-13-29-4-2)18-8-11-20-21(15-18)33-16-32-20/h6-11,15H,3-5,12-14,16H2,1-2H3. The van der Waals surface area contributed by atoms with Crippen molar-refractivity contribution in [3.8, 4) is 34.6 Å². The van der Waals surface area contributed by atoms with Gasteiger partial charge in [0.15, 0.2) is 17.3 Å². The molecule has 1 aliphatic heterocycles. The van der Waals surface area contributed by atoms with Gasteiger partial charge in [-0.05, 0) is 55.8 Å². The van der Waals surface area contributed by atoms with E-state index in [1.807, 2.05) is 6.92 Å². The van der Waals surface area contributed by atoms with Gasteiger partial charge in [0, 0.05) is 17.7 Å². The Morgan fingerprint density at radius 2 is 1.82 bits per heavy atom. The second-order valence-corrected chi connectivity index (χ2v) is 7.27. The summed E-state index contributed by atoms with van der Waals surface area (Å²) in [5.74, 6) is 1.95. The fourth-order valence-electron chi connectivity index (χ4n) is 3.21. The molecule has 4 rings (SSSR count). The van der Waals surface area contributed by atoms with Gasteiger partial charge in [-0.3, -0.25) is 4.79 Å². The SMILES string of the molecule is CCCCOc1ccc(C(=O)n2nc(OCCOCC)nc2-c2ccc3c(c2)OCO3)cc1. The van der Waals surface area contributed by atoms with Gasteiger partial charge in [0.25, 0.3) is 5.91 Å². The lowest BCUT2D eigenvalue weighted by molar-refractivity contribution is 0.0938. The van der Waals surface area contributed by atoms with E-state index in [0.717, 1.165) is 18.6 Å². The number of ether oxygens (including phenoxy) is 5. The van der Waals surface area contributed by atoms with Gasteiger partial charge < -0.3 is 23.7 Å². The van der Waals surface area contributed by atoms with Crippen LogP contribution in [-0.4, -0.2) is 53.9 Å². The van der Waals surface area contributed by atoms with Gasteiger partial charge in [-0.2, -0.15) is 9.67 Å². The van der Waals surface area contributed by atoms with Crippen LogP contribution in [0.15, 0.2) is 42.5 Å². The lowest BCUT2D eigenvalue weighted by Gasteiger charge is -2.08. The van der Waals surface area contributed by atoms with Crippen molar-refractivity contribution in [3.63, 3.8) is 0 Å². The summed E-state index contributed by atoms with van der Waals surface area (Å²) in [6.07, 6.45) is 2.03. The Labute approximate surface area is 192 Å². The number of hydrogen-bond donors (Lipinski definition) is 0. The second-order valence-electron chi connectivity index (χ2n) is 7.27. The van der Waals surface area contributed by atoms with E-state index in [9.17, 15) is 4.79 Å². The van der Waals surface area contributed by atoms with Crippen molar-refractivity contribution in [2.24, 2.45) is 0 Å². The van der Waals surface area contributed by atoms with Crippen LogP contribution in [0.5, 0.6) is 23.3 Å². The molecule has 2 heterocycles. The molecule has 3 aromatic rings. The zero-order valence-electron chi connectivity index (χ0n) is 18.8. The van der Waals surface area contributed by atoms with Crippen molar-refractivity contribution in [2.75, 3.05) is 33.2 Å². The quantitative estimate of drug-likeness (QED) is 0.403. The molecular formula is C24H27N3O6. The summed E-state index contributed by atoms with van der Waals surface area (Å²) in [4.78, 5) is 17.8. The topological polar surface area (TPSA) is 93.9 Å². The fraction of sp³-hybridized carbons (Fsp3) is 0.375. The minimum absolute atomic E-state index is 0.0928. The van der Waals surface area contributed by atoms with Gasteiger partial charge in [0.05, 0.1) is 13.2 Å². The average molecular weight is 453 g/mol. The minimum Gasteiger partial charge on any atom is -0.494 e. The first-order chi connectivity index (χ1) is 16.2. The van der Waals surface area contributed by atoms with Gasteiger partial charge in [-0.25, -0.2) is 0 Å². The first kappa shape index (κ1) is 22.6. The molecule has 0 spiro atoms. The predicted molar refractivity (Wildman–Crippen MR) is 120 cm³/mol. The maximum atomic E-state index is 13.3. The zero-order chi connectivity index (χ0) is 23.0. The second kappa shape index (κ2) is 10.8. The van der Waals surface area contributed by atoms with Gasteiger partial charge in [0.1, 0.15) is 12.4 Å². The van der Waals surface area contributed by atoms with Gasteiger partial charge >= 0.3 is 6.01 Å². The van der Waals surface area contributed by atoms with Gasteiger partial charge in [0.2, 0.25) is 6.79 Å².